The lowest BCUT2D eigenvalue weighted by molar-refractivity contribution is 0.0374. The van der Waals surface area contributed by atoms with Gasteiger partial charge in [-0.05, 0) is 14.0 Å². The van der Waals surface area contributed by atoms with Crippen molar-refractivity contribution in [1.29, 1.82) is 0 Å². The summed E-state index contributed by atoms with van der Waals surface area (Å²) < 4.78 is 0. The summed E-state index contributed by atoms with van der Waals surface area (Å²) in [6.07, 6.45) is 0. The first kappa shape index (κ1) is 8.48. The third-order valence-corrected chi connectivity index (χ3v) is 3.22. The Morgan fingerprint density at radius 1 is 1.33 bits per heavy atom. The van der Waals surface area contributed by atoms with Crippen molar-refractivity contribution in [2.24, 2.45) is 0 Å². The fourth-order valence-electron chi connectivity index (χ4n) is 2.21. The Labute approximate surface area is 74.7 Å². The van der Waals surface area contributed by atoms with Crippen LogP contribution in [0.15, 0.2) is 0 Å². The SMILES string of the molecule is CC1CN2CCNCC2CN1C. The lowest BCUT2D eigenvalue weighted by atomic mass is 10.1. The third-order valence-electron chi connectivity index (χ3n) is 3.22. The molecule has 1 N–H and O–H groups in total. The molecule has 3 nitrogen and oxygen atoms in total. The first-order valence-corrected chi connectivity index (χ1v) is 4.92. The van der Waals surface area contributed by atoms with Gasteiger partial charge < -0.3 is 10.2 Å². The fourth-order valence-corrected chi connectivity index (χ4v) is 2.21. The summed E-state index contributed by atoms with van der Waals surface area (Å²) in [5.74, 6) is 0. The first-order chi connectivity index (χ1) is 5.77. The van der Waals surface area contributed by atoms with Crippen LogP contribution in [0.2, 0.25) is 0 Å². The molecule has 3 heteroatoms. The smallest absolute Gasteiger partial charge is 0.0349 e. The molecule has 0 aliphatic carbocycles. The Hall–Kier alpha value is -0.120. The lowest BCUT2D eigenvalue weighted by Gasteiger charge is -2.46. The molecule has 2 heterocycles. The van der Waals surface area contributed by atoms with E-state index >= 15 is 0 Å². The van der Waals surface area contributed by atoms with Crippen LogP contribution >= 0.6 is 0 Å². The maximum Gasteiger partial charge on any atom is 0.0349 e. The standard InChI is InChI=1S/C9H19N3/c1-8-6-12-4-3-10-5-9(12)7-11(8)2/h8-10H,3-7H2,1-2H3. The van der Waals surface area contributed by atoms with Gasteiger partial charge in [0.25, 0.3) is 0 Å². The minimum absolute atomic E-state index is 0.736. The largest absolute Gasteiger partial charge is 0.314 e. The molecular formula is C9H19N3. The molecule has 0 bridgehead atoms. The van der Waals surface area contributed by atoms with Gasteiger partial charge in [-0.2, -0.15) is 0 Å². The van der Waals surface area contributed by atoms with E-state index in [1.54, 1.807) is 0 Å². The van der Waals surface area contributed by atoms with Crippen molar-refractivity contribution in [2.75, 3.05) is 39.8 Å². The van der Waals surface area contributed by atoms with Gasteiger partial charge in [-0.1, -0.05) is 0 Å². The minimum atomic E-state index is 0.736. The van der Waals surface area contributed by atoms with E-state index in [9.17, 15) is 0 Å². The molecule has 2 aliphatic rings. The minimum Gasteiger partial charge on any atom is -0.314 e. The predicted octanol–water partition coefficient (Wildman–Crippen LogP) is -0.406. The van der Waals surface area contributed by atoms with Crippen molar-refractivity contribution >= 4 is 0 Å². The first-order valence-electron chi connectivity index (χ1n) is 4.92. The molecule has 0 aromatic heterocycles. The number of piperazine rings is 2. The molecule has 2 fully saturated rings. The van der Waals surface area contributed by atoms with Crippen molar-refractivity contribution in [1.82, 2.24) is 15.1 Å². The second-order valence-electron chi connectivity index (χ2n) is 4.14. The van der Waals surface area contributed by atoms with Crippen molar-refractivity contribution in [3.63, 3.8) is 0 Å². The molecular weight excluding hydrogens is 150 g/mol. The van der Waals surface area contributed by atoms with Gasteiger partial charge in [-0.25, -0.2) is 0 Å². The average molecular weight is 169 g/mol. The van der Waals surface area contributed by atoms with Crippen LogP contribution in [0.3, 0.4) is 0 Å². The number of rotatable bonds is 0. The van der Waals surface area contributed by atoms with E-state index < -0.39 is 0 Å². The van der Waals surface area contributed by atoms with E-state index in [4.69, 9.17) is 0 Å². The van der Waals surface area contributed by atoms with E-state index in [1.807, 2.05) is 0 Å². The predicted molar refractivity (Wildman–Crippen MR) is 50.3 cm³/mol. The van der Waals surface area contributed by atoms with Crippen molar-refractivity contribution in [2.45, 2.75) is 19.0 Å². The van der Waals surface area contributed by atoms with Gasteiger partial charge in [0.05, 0.1) is 0 Å². The van der Waals surface area contributed by atoms with E-state index in [-0.39, 0.29) is 0 Å². The zero-order chi connectivity index (χ0) is 8.55. The van der Waals surface area contributed by atoms with E-state index in [0.717, 1.165) is 12.1 Å². The highest BCUT2D eigenvalue weighted by Gasteiger charge is 2.30. The number of hydrogen-bond acceptors (Lipinski definition) is 3. The molecule has 0 saturated carbocycles. The van der Waals surface area contributed by atoms with Crippen LogP contribution in [0.5, 0.6) is 0 Å². The Balaban J connectivity index is 1.98. The van der Waals surface area contributed by atoms with Gasteiger partial charge in [-0.3, -0.25) is 4.90 Å². The van der Waals surface area contributed by atoms with Gasteiger partial charge in [0.2, 0.25) is 0 Å². The number of fused-ring (bicyclic) bond motifs is 1. The summed E-state index contributed by atoms with van der Waals surface area (Å²) in [6, 6.07) is 1.50. The average Bonchev–Trinajstić information content (AvgIpc) is 2.07. The maximum absolute atomic E-state index is 3.45. The summed E-state index contributed by atoms with van der Waals surface area (Å²) >= 11 is 0. The highest BCUT2D eigenvalue weighted by molar-refractivity contribution is 4.89. The second kappa shape index (κ2) is 3.32. The molecule has 2 rings (SSSR count). The molecule has 2 atom stereocenters. The topological polar surface area (TPSA) is 18.5 Å². The van der Waals surface area contributed by atoms with Crippen molar-refractivity contribution in [3.05, 3.63) is 0 Å². The second-order valence-corrected chi connectivity index (χ2v) is 4.14. The highest BCUT2D eigenvalue weighted by atomic mass is 15.3. The van der Waals surface area contributed by atoms with E-state index in [1.165, 1.54) is 32.7 Å². The molecule has 0 aromatic carbocycles. The quantitative estimate of drug-likeness (QED) is 0.532. The summed E-state index contributed by atoms with van der Waals surface area (Å²) in [5.41, 5.74) is 0. The van der Waals surface area contributed by atoms with Crippen LogP contribution in [0.25, 0.3) is 0 Å². The number of hydrogen-bond donors (Lipinski definition) is 1. The molecule has 0 amide bonds. The van der Waals surface area contributed by atoms with Gasteiger partial charge in [-0.15, -0.1) is 0 Å². The van der Waals surface area contributed by atoms with Crippen LogP contribution in [0, 0.1) is 0 Å². The number of nitrogens with zero attached hydrogens (tertiary/aromatic N) is 2. The number of nitrogens with one attached hydrogen (secondary N) is 1. The molecule has 0 radical (unpaired) electrons. The normalized spacial score (nSPS) is 39.5. The zero-order valence-electron chi connectivity index (χ0n) is 8.08. The van der Waals surface area contributed by atoms with Crippen LogP contribution in [-0.4, -0.2) is 61.7 Å². The Morgan fingerprint density at radius 2 is 2.17 bits per heavy atom. The molecule has 0 spiro atoms. The van der Waals surface area contributed by atoms with Crippen molar-refractivity contribution < 1.29 is 0 Å². The fraction of sp³-hybridized carbons (Fsp3) is 1.00. The molecule has 70 valence electrons. The molecule has 2 aliphatic heterocycles. The Bertz CT molecular complexity index is 142. The van der Waals surface area contributed by atoms with Gasteiger partial charge in [0.15, 0.2) is 0 Å². The molecule has 12 heavy (non-hydrogen) atoms. The Morgan fingerprint density at radius 3 is 3.00 bits per heavy atom. The van der Waals surface area contributed by atoms with E-state index in [2.05, 4.69) is 29.1 Å². The lowest BCUT2D eigenvalue weighted by Crippen LogP contribution is -2.62. The van der Waals surface area contributed by atoms with Gasteiger partial charge >= 0.3 is 0 Å². The molecule has 0 aromatic rings. The summed E-state index contributed by atoms with van der Waals surface area (Å²) in [4.78, 5) is 5.09. The van der Waals surface area contributed by atoms with Crippen LogP contribution in [-0.2, 0) is 0 Å². The van der Waals surface area contributed by atoms with E-state index in [0.29, 0.717) is 0 Å². The maximum atomic E-state index is 3.45. The Kier molecular flexibility index (Phi) is 2.35. The summed E-state index contributed by atoms with van der Waals surface area (Å²) in [6.45, 7) is 8.39. The van der Waals surface area contributed by atoms with Gasteiger partial charge in [0, 0.05) is 44.8 Å². The molecule has 2 unspecified atom stereocenters. The van der Waals surface area contributed by atoms with Crippen LogP contribution in [0.1, 0.15) is 6.92 Å². The van der Waals surface area contributed by atoms with Gasteiger partial charge in [0.1, 0.15) is 0 Å². The highest BCUT2D eigenvalue weighted by Crippen LogP contribution is 2.14. The molecule has 2 saturated heterocycles. The monoisotopic (exact) mass is 169 g/mol. The summed E-state index contributed by atoms with van der Waals surface area (Å²) in [7, 11) is 2.23. The zero-order valence-corrected chi connectivity index (χ0v) is 8.08. The third kappa shape index (κ3) is 1.49. The number of likely N-dealkylation sites (N-methyl/N-ethyl adjacent to an activating group) is 1. The van der Waals surface area contributed by atoms with Crippen LogP contribution < -0.4 is 5.32 Å². The van der Waals surface area contributed by atoms with Crippen LogP contribution in [0.4, 0.5) is 0 Å². The summed E-state index contributed by atoms with van der Waals surface area (Å²) in [5, 5.41) is 3.45. The van der Waals surface area contributed by atoms with Crippen molar-refractivity contribution in [3.8, 4) is 0 Å².